The van der Waals surface area contributed by atoms with Crippen molar-refractivity contribution < 1.29 is 14.2 Å². The van der Waals surface area contributed by atoms with Crippen LogP contribution in [0.1, 0.15) is 18.1 Å². The van der Waals surface area contributed by atoms with Gasteiger partial charge in [-0.1, -0.05) is 0 Å². The quantitative estimate of drug-likeness (QED) is 0.722. The fourth-order valence-corrected chi connectivity index (χ4v) is 1.71. The van der Waals surface area contributed by atoms with Gasteiger partial charge in [0.1, 0.15) is 11.5 Å². The Balaban J connectivity index is 2.35. The Morgan fingerprint density at radius 3 is 2.93 bits per heavy atom. The van der Waals surface area contributed by atoms with E-state index in [0.29, 0.717) is 6.61 Å². The number of hydrogen-bond acceptors (Lipinski definition) is 3. The number of hydrogen-bond donors (Lipinski definition) is 0. The minimum Gasteiger partial charge on any atom is -0.497 e. The summed E-state index contributed by atoms with van der Waals surface area (Å²) in [5.41, 5.74) is 1.11. The fraction of sp³-hybridized carbons (Fsp3) is 0.455. The molecule has 1 aliphatic heterocycles. The molecule has 0 bridgehead atoms. The third kappa shape index (κ3) is 1.55. The van der Waals surface area contributed by atoms with Crippen molar-refractivity contribution in [1.82, 2.24) is 0 Å². The zero-order chi connectivity index (χ0) is 9.97. The van der Waals surface area contributed by atoms with E-state index in [2.05, 4.69) is 0 Å². The van der Waals surface area contributed by atoms with E-state index in [1.54, 1.807) is 14.2 Å². The number of rotatable bonds is 2. The molecule has 2 rings (SSSR count). The second kappa shape index (κ2) is 3.88. The van der Waals surface area contributed by atoms with Gasteiger partial charge in [-0.15, -0.1) is 0 Å². The third-order valence-electron chi connectivity index (χ3n) is 2.49. The van der Waals surface area contributed by atoms with E-state index in [9.17, 15) is 0 Å². The second-order valence-corrected chi connectivity index (χ2v) is 3.27. The molecule has 14 heavy (non-hydrogen) atoms. The minimum atomic E-state index is 0.157. The molecule has 0 saturated carbocycles. The van der Waals surface area contributed by atoms with Crippen molar-refractivity contribution >= 4 is 0 Å². The van der Waals surface area contributed by atoms with Crippen molar-refractivity contribution in [2.45, 2.75) is 12.5 Å². The monoisotopic (exact) mass is 194 g/mol. The largest absolute Gasteiger partial charge is 0.497 e. The summed E-state index contributed by atoms with van der Waals surface area (Å²) in [6, 6.07) is 5.83. The van der Waals surface area contributed by atoms with Crippen LogP contribution in [0, 0.1) is 0 Å². The molecule has 1 aliphatic rings. The Morgan fingerprint density at radius 2 is 2.21 bits per heavy atom. The molecule has 76 valence electrons. The Kier molecular flexibility index (Phi) is 2.59. The van der Waals surface area contributed by atoms with Crippen molar-refractivity contribution in [3.8, 4) is 11.5 Å². The van der Waals surface area contributed by atoms with Gasteiger partial charge in [-0.05, 0) is 12.1 Å². The molecular weight excluding hydrogens is 180 g/mol. The predicted molar refractivity (Wildman–Crippen MR) is 52.9 cm³/mol. The van der Waals surface area contributed by atoms with Crippen LogP contribution in [0.2, 0.25) is 0 Å². The Labute approximate surface area is 83.6 Å². The van der Waals surface area contributed by atoms with Gasteiger partial charge < -0.3 is 14.2 Å². The number of methoxy groups -OCH3 is 2. The van der Waals surface area contributed by atoms with Crippen molar-refractivity contribution in [1.29, 1.82) is 0 Å². The van der Waals surface area contributed by atoms with Gasteiger partial charge in [0.25, 0.3) is 0 Å². The smallest absolute Gasteiger partial charge is 0.128 e. The molecule has 0 aliphatic carbocycles. The van der Waals surface area contributed by atoms with Gasteiger partial charge in [0.05, 0.1) is 19.8 Å². The highest BCUT2D eigenvalue weighted by Crippen LogP contribution is 2.36. The first-order valence-electron chi connectivity index (χ1n) is 4.68. The predicted octanol–water partition coefficient (Wildman–Crippen LogP) is 2.17. The molecular formula is C11H14O3. The van der Waals surface area contributed by atoms with Crippen LogP contribution < -0.4 is 9.47 Å². The van der Waals surface area contributed by atoms with Crippen LogP contribution in [0.3, 0.4) is 0 Å². The molecule has 3 nitrogen and oxygen atoms in total. The lowest BCUT2D eigenvalue weighted by molar-refractivity contribution is 0.0635. The molecule has 0 amide bonds. The SMILES string of the molecule is COc1ccc2c(c1)OCCC2OC. The van der Waals surface area contributed by atoms with Crippen molar-refractivity contribution in [3.05, 3.63) is 23.8 Å². The maximum Gasteiger partial charge on any atom is 0.128 e. The molecule has 0 aromatic heterocycles. The highest BCUT2D eigenvalue weighted by molar-refractivity contribution is 5.43. The average Bonchev–Trinajstić information content (AvgIpc) is 2.27. The average molecular weight is 194 g/mol. The normalized spacial score (nSPS) is 19.7. The Morgan fingerprint density at radius 1 is 1.36 bits per heavy atom. The molecule has 0 spiro atoms. The van der Waals surface area contributed by atoms with Gasteiger partial charge >= 0.3 is 0 Å². The summed E-state index contributed by atoms with van der Waals surface area (Å²) < 4.78 is 16.0. The summed E-state index contributed by atoms with van der Waals surface area (Å²) in [4.78, 5) is 0. The van der Waals surface area contributed by atoms with E-state index < -0.39 is 0 Å². The summed E-state index contributed by atoms with van der Waals surface area (Å²) in [6.07, 6.45) is 1.07. The summed E-state index contributed by atoms with van der Waals surface area (Å²) in [5.74, 6) is 1.70. The Hall–Kier alpha value is -1.22. The van der Waals surface area contributed by atoms with Crippen LogP contribution in [0.5, 0.6) is 11.5 Å². The first-order valence-corrected chi connectivity index (χ1v) is 4.68. The lowest BCUT2D eigenvalue weighted by Crippen LogP contribution is -2.15. The van der Waals surface area contributed by atoms with E-state index in [0.717, 1.165) is 23.5 Å². The van der Waals surface area contributed by atoms with E-state index in [1.807, 2.05) is 18.2 Å². The van der Waals surface area contributed by atoms with E-state index in [-0.39, 0.29) is 6.10 Å². The van der Waals surface area contributed by atoms with Crippen molar-refractivity contribution in [2.75, 3.05) is 20.8 Å². The molecule has 0 radical (unpaired) electrons. The first kappa shape index (κ1) is 9.34. The summed E-state index contributed by atoms with van der Waals surface area (Å²) in [6.45, 7) is 0.707. The fourth-order valence-electron chi connectivity index (χ4n) is 1.71. The maximum absolute atomic E-state index is 5.54. The lowest BCUT2D eigenvalue weighted by Gasteiger charge is -2.24. The summed E-state index contributed by atoms with van der Waals surface area (Å²) in [5, 5.41) is 0. The third-order valence-corrected chi connectivity index (χ3v) is 2.49. The summed E-state index contributed by atoms with van der Waals surface area (Å²) >= 11 is 0. The molecule has 1 unspecified atom stereocenters. The molecule has 1 aromatic carbocycles. The lowest BCUT2D eigenvalue weighted by atomic mass is 10.0. The van der Waals surface area contributed by atoms with Crippen LogP contribution in [0.25, 0.3) is 0 Å². The standard InChI is InChI=1S/C11H14O3/c1-12-8-3-4-9-10(13-2)5-6-14-11(9)7-8/h3-4,7,10H,5-6H2,1-2H3. The first-order chi connectivity index (χ1) is 6.85. The molecule has 0 fully saturated rings. The number of fused-ring (bicyclic) bond motifs is 1. The molecule has 0 N–H and O–H groups in total. The van der Waals surface area contributed by atoms with E-state index in [4.69, 9.17) is 14.2 Å². The topological polar surface area (TPSA) is 27.7 Å². The van der Waals surface area contributed by atoms with Gasteiger partial charge in [-0.25, -0.2) is 0 Å². The van der Waals surface area contributed by atoms with Crippen LogP contribution in [-0.4, -0.2) is 20.8 Å². The van der Waals surface area contributed by atoms with Gasteiger partial charge in [0, 0.05) is 25.2 Å². The number of benzene rings is 1. The van der Waals surface area contributed by atoms with Gasteiger partial charge in [0.15, 0.2) is 0 Å². The van der Waals surface area contributed by atoms with Crippen molar-refractivity contribution in [3.63, 3.8) is 0 Å². The minimum absolute atomic E-state index is 0.157. The zero-order valence-corrected chi connectivity index (χ0v) is 8.45. The zero-order valence-electron chi connectivity index (χ0n) is 8.45. The molecule has 3 heteroatoms. The second-order valence-electron chi connectivity index (χ2n) is 3.27. The highest BCUT2D eigenvalue weighted by Gasteiger charge is 2.21. The van der Waals surface area contributed by atoms with E-state index >= 15 is 0 Å². The number of ether oxygens (including phenoxy) is 3. The molecule has 1 atom stereocenters. The van der Waals surface area contributed by atoms with Crippen LogP contribution in [-0.2, 0) is 4.74 Å². The Bertz CT molecular complexity index is 322. The molecule has 1 aromatic rings. The van der Waals surface area contributed by atoms with Crippen LogP contribution in [0.15, 0.2) is 18.2 Å². The van der Waals surface area contributed by atoms with Crippen molar-refractivity contribution in [2.24, 2.45) is 0 Å². The molecule has 1 heterocycles. The van der Waals surface area contributed by atoms with Crippen LogP contribution >= 0.6 is 0 Å². The molecule has 0 saturated heterocycles. The van der Waals surface area contributed by atoms with E-state index in [1.165, 1.54) is 0 Å². The summed E-state index contributed by atoms with van der Waals surface area (Å²) in [7, 11) is 3.38. The van der Waals surface area contributed by atoms with Gasteiger partial charge in [-0.2, -0.15) is 0 Å². The maximum atomic E-state index is 5.54. The van der Waals surface area contributed by atoms with Gasteiger partial charge in [0.2, 0.25) is 0 Å². The highest BCUT2D eigenvalue weighted by atomic mass is 16.5. The van der Waals surface area contributed by atoms with Gasteiger partial charge in [-0.3, -0.25) is 0 Å². The van der Waals surface area contributed by atoms with Crippen LogP contribution in [0.4, 0.5) is 0 Å².